The Morgan fingerprint density at radius 1 is 1.46 bits per heavy atom. The Balaban J connectivity index is 2.14. The Kier molecular flexibility index (Phi) is 5.92. The molecule has 0 aromatic carbocycles. The van der Waals surface area contributed by atoms with Gasteiger partial charge in [0.25, 0.3) is 5.56 Å². The molecule has 9 heteroatoms. The molecule has 1 saturated heterocycles. The van der Waals surface area contributed by atoms with E-state index in [-0.39, 0.29) is 12.2 Å². The van der Waals surface area contributed by atoms with Crippen LogP contribution < -0.4 is 10.9 Å². The van der Waals surface area contributed by atoms with Crippen LogP contribution >= 0.6 is 0 Å². The van der Waals surface area contributed by atoms with Gasteiger partial charge in [-0.3, -0.25) is 10.1 Å². The van der Waals surface area contributed by atoms with Gasteiger partial charge in [-0.15, -0.1) is 0 Å². The van der Waals surface area contributed by atoms with Crippen LogP contribution in [0.25, 0.3) is 0 Å². The molecule has 0 saturated carbocycles. The van der Waals surface area contributed by atoms with Crippen LogP contribution in [0.4, 0.5) is 15.0 Å². The number of hydrogen-bond acceptors (Lipinski definition) is 6. The zero-order valence-corrected chi connectivity index (χ0v) is 13.4. The molecule has 2 rings (SSSR count). The first-order chi connectivity index (χ1) is 11.3. The fraction of sp³-hybridized carbons (Fsp3) is 0.600. The lowest BCUT2D eigenvalue weighted by Gasteiger charge is -2.15. The number of carbonyl (C=O) groups excluding carboxylic acids is 1. The zero-order chi connectivity index (χ0) is 17.9. The summed E-state index contributed by atoms with van der Waals surface area (Å²) < 4.78 is 24.2. The minimum absolute atomic E-state index is 0.173. The summed E-state index contributed by atoms with van der Waals surface area (Å²) in [5.74, 6) is -1.35. The number of H-pyrrole nitrogens is 1. The number of carbonyl (C=O) groups is 1. The van der Waals surface area contributed by atoms with Gasteiger partial charge in [-0.25, -0.2) is 9.18 Å². The number of aliphatic hydroxyl groups excluding tert-OH is 2. The van der Waals surface area contributed by atoms with Crippen molar-refractivity contribution in [2.75, 3.05) is 11.9 Å². The van der Waals surface area contributed by atoms with E-state index in [2.05, 4.69) is 10.3 Å². The number of aromatic nitrogens is 1. The Morgan fingerprint density at radius 2 is 2.17 bits per heavy atom. The topological polar surface area (TPSA) is 121 Å². The Hall–Kier alpha value is -1.97. The highest BCUT2D eigenvalue weighted by Crippen LogP contribution is 2.32. The number of hydrogen-bond donors (Lipinski definition) is 4. The van der Waals surface area contributed by atoms with Gasteiger partial charge in [0, 0.05) is 0 Å². The maximum absolute atomic E-state index is 14.1. The van der Waals surface area contributed by atoms with Crippen molar-refractivity contribution in [3.8, 4) is 0 Å². The summed E-state index contributed by atoms with van der Waals surface area (Å²) in [6.07, 6.45) is -3.75. The fourth-order valence-corrected chi connectivity index (χ4v) is 2.38. The van der Waals surface area contributed by atoms with Crippen LogP contribution in [0, 0.1) is 5.82 Å². The number of nitrogens with one attached hydrogen (secondary N) is 2. The molecule has 1 aliphatic heterocycles. The molecule has 4 N–H and O–H groups in total. The van der Waals surface area contributed by atoms with Gasteiger partial charge in [0.15, 0.2) is 11.6 Å². The highest BCUT2D eigenvalue weighted by molar-refractivity contribution is 5.83. The van der Waals surface area contributed by atoms with Gasteiger partial charge in [-0.05, 0) is 19.4 Å². The number of aromatic amines is 1. The minimum Gasteiger partial charge on any atom is -0.449 e. The summed E-state index contributed by atoms with van der Waals surface area (Å²) in [6.45, 7) is 3.64. The molecule has 1 aromatic rings. The molecule has 134 valence electrons. The van der Waals surface area contributed by atoms with Crippen LogP contribution in [0.2, 0.25) is 0 Å². The third kappa shape index (κ3) is 3.92. The summed E-state index contributed by atoms with van der Waals surface area (Å²) in [7, 11) is 0. The molecule has 24 heavy (non-hydrogen) atoms. The number of rotatable bonds is 5. The van der Waals surface area contributed by atoms with Crippen LogP contribution in [0.3, 0.4) is 0 Å². The van der Waals surface area contributed by atoms with Gasteiger partial charge in [0.1, 0.15) is 18.3 Å². The summed E-state index contributed by atoms with van der Waals surface area (Å²) in [6, 6.07) is 0.860. The first kappa shape index (κ1) is 18.4. The zero-order valence-electron chi connectivity index (χ0n) is 13.4. The van der Waals surface area contributed by atoms with Crippen molar-refractivity contribution in [1.82, 2.24) is 4.98 Å². The number of aliphatic hydroxyl groups is 2. The molecule has 4 atom stereocenters. The second-order valence-corrected chi connectivity index (χ2v) is 5.63. The minimum atomic E-state index is -1.35. The lowest BCUT2D eigenvalue weighted by atomic mass is 10.0. The van der Waals surface area contributed by atoms with Gasteiger partial charge in [-0.2, -0.15) is 0 Å². The molecule has 1 aliphatic rings. The number of ether oxygens (including phenoxy) is 2. The number of unbranched alkanes of at least 4 members (excludes halogenated alkanes) is 1. The first-order valence-corrected chi connectivity index (χ1v) is 7.73. The van der Waals surface area contributed by atoms with Gasteiger partial charge in [0.05, 0.1) is 18.3 Å². The number of pyridine rings is 1. The van der Waals surface area contributed by atoms with Crippen molar-refractivity contribution in [2.45, 2.75) is 51.1 Å². The van der Waals surface area contributed by atoms with Gasteiger partial charge < -0.3 is 24.7 Å². The maximum atomic E-state index is 14.1. The predicted molar refractivity (Wildman–Crippen MR) is 82.2 cm³/mol. The standard InChI is InChI=1S/C15H21FN2O6/c1-3-4-5-23-15(22)18-13-9(16)6-8(14(21)17-13)12-11(20)10(19)7(2)24-12/h6-7,10-12,19-20H,3-5H2,1-2H3,(H2,17,18,21,22)/t7?,10-,11-,12-/m0/s1. The average molecular weight is 344 g/mol. The number of anilines is 1. The molecule has 1 aromatic heterocycles. The van der Waals surface area contributed by atoms with E-state index in [4.69, 9.17) is 9.47 Å². The van der Waals surface area contributed by atoms with Crippen LogP contribution in [-0.4, -0.2) is 46.2 Å². The number of halogens is 1. The molecule has 0 radical (unpaired) electrons. The van der Waals surface area contributed by atoms with Crippen molar-refractivity contribution in [3.63, 3.8) is 0 Å². The fourth-order valence-electron chi connectivity index (χ4n) is 2.38. The quantitative estimate of drug-likeness (QED) is 0.592. The third-order valence-corrected chi connectivity index (χ3v) is 3.79. The van der Waals surface area contributed by atoms with E-state index in [1.54, 1.807) is 0 Å². The van der Waals surface area contributed by atoms with Crippen molar-refractivity contribution < 1.29 is 28.9 Å². The van der Waals surface area contributed by atoms with Crippen molar-refractivity contribution >= 4 is 11.9 Å². The van der Waals surface area contributed by atoms with Crippen LogP contribution in [-0.2, 0) is 9.47 Å². The van der Waals surface area contributed by atoms with Crippen molar-refractivity contribution in [1.29, 1.82) is 0 Å². The Morgan fingerprint density at radius 3 is 2.75 bits per heavy atom. The summed E-state index contributed by atoms with van der Waals surface area (Å²) in [5.41, 5.74) is -0.918. The van der Waals surface area contributed by atoms with Gasteiger partial charge >= 0.3 is 6.09 Å². The van der Waals surface area contributed by atoms with E-state index in [1.807, 2.05) is 6.92 Å². The van der Waals surface area contributed by atoms with E-state index in [0.29, 0.717) is 6.42 Å². The van der Waals surface area contributed by atoms with Crippen LogP contribution in [0.1, 0.15) is 38.4 Å². The summed E-state index contributed by atoms with van der Waals surface area (Å²) in [4.78, 5) is 25.8. The normalized spacial score (nSPS) is 26.4. The van der Waals surface area contributed by atoms with Gasteiger partial charge in [-0.1, -0.05) is 13.3 Å². The van der Waals surface area contributed by atoms with Crippen LogP contribution in [0.5, 0.6) is 0 Å². The molecule has 0 spiro atoms. The van der Waals surface area contributed by atoms with Crippen LogP contribution in [0.15, 0.2) is 10.9 Å². The van der Waals surface area contributed by atoms with Crippen molar-refractivity contribution in [2.24, 2.45) is 0 Å². The van der Waals surface area contributed by atoms with E-state index in [0.717, 1.165) is 12.5 Å². The molecular formula is C15H21FN2O6. The molecule has 1 amide bonds. The van der Waals surface area contributed by atoms with E-state index in [9.17, 15) is 24.2 Å². The summed E-state index contributed by atoms with van der Waals surface area (Å²) >= 11 is 0. The second-order valence-electron chi connectivity index (χ2n) is 5.63. The lowest BCUT2D eigenvalue weighted by molar-refractivity contribution is 0.0141. The molecule has 2 heterocycles. The third-order valence-electron chi connectivity index (χ3n) is 3.79. The second kappa shape index (κ2) is 7.73. The monoisotopic (exact) mass is 344 g/mol. The van der Waals surface area contributed by atoms with E-state index in [1.165, 1.54) is 6.92 Å². The van der Waals surface area contributed by atoms with Crippen molar-refractivity contribution in [3.05, 3.63) is 27.8 Å². The number of amides is 1. The summed E-state index contributed by atoms with van der Waals surface area (Å²) in [5, 5.41) is 21.7. The molecule has 0 aliphatic carbocycles. The highest BCUT2D eigenvalue weighted by atomic mass is 19.1. The lowest BCUT2D eigenvalue weighted by Crippen LogP contribution is -2.31. The van der Waals surface area contributed by atoms with E-state index < -0.39 is 47.7 Å². The molecule has 8 nitrogen and oxygen atoms in total. The largest absolute Gasteiger partial charge is 0.449 e. The molecule has 1 fully saturated rings. The van der Waals surface area contributed by atoms with E-state index >= 15 is 0 Å². The maximum Gasteiger partial charge on any atom is 0.412 e. The first-order valence-electron chi connectivity index (χ1n) is 7.73. The smallest absolute Gasteiger partial charge is 0.412 e. The Bertz CT molecular complexity index is 649. The molecule has 1 unspecified atom stereocenters. The Labute approximate surface area is 137 Å². The predicted octanol–water partition coefficient (Wildman–Crippen LogP) is 1.04. The molecule has 0 bridgehead atoms. The SMILES string of the molecule is CCCCOC(=O)Nc1[nH]c(=O)c([C@@H]2OC(C)[C@H](O)[C@@H]2O)cc1F. The van der Waals surface area contributed by atoms with Gasteiger partial charge in [0.2, 0.25) is 0 Å². The highest BCUT2D eigenvalue weighted by Gasteiger charge is 2.42. The average Bonchev–Trinajstić information content (AvgIpc) is 2.78. The molecular weight excluding hydrogens is 323 g/mol.